The molecule has 5 nitrogen and oxygen atoms in total. The summed E-state index contributed by atoms with van der Waals surface area (Å²) in [4.78, 5) is 0. The topological polar surface area (TPSA) is 60.2 Å². The third-order valence-electron chi connectivity index (χ3n) is 3.27. The molecule has 1 aliphatic heterocycles. The first-order valence-electron chi connectivity index (χ1n) is 6.41. The third kappa shape index (κ3) is 2.50. The molecule has 0 aliphatic carbocycles. The molecule has 1 aromatic rings. The lowest BCUT2D eigenvalue weighted by molar-refractivity contribution is -0.00652. The number of rotatable bonds is 5. The van der Waals surface area contributed by atoms with Crippen molar-refractivity contribution in [3.63, 3.8) is 0 Å². The van der Waals surface area contributed by atoms with Gasteiger partial charge in [-0.05, 0) is 32.7 Å². The van der Waals surface area contributed by atoms with Crippen LogP contribution >= 0.6 is 0 Å². The maximum Gasteiger partial charge on any atom is 0.248 e. The molecule has 0 bridgehead atoms. The monoisotopic (exact) mass is 239 g/mol. The van der Waals surface area contributed by atoms with Crippen LogP contribution in [0.1, 0.15) is 57.9 Å². The normalized spacial score (nSPS) is 26.3. The zero-order valence-electron chi connectivity index (χ0n) is 10.8. The first-order chi connectivity index (χ1) is 8.19. The Morgan fingerprint density at radius 1 is 1.41 bits per heavy atom. The van der Waals surface area contributed by atoms with Gasteiger partial charge in [0.15, 0.2) is 0 Å². The average Bonchev–Trinajstić information content (AvgIpc) is 2.95. The van der Waals surface area contributed by atoms with Gasteiger partial charge in [-0.25, -0.2) is 0 Å². The van der Waals surface area contributed by atoms with Gasteiger partial charge in [0, 0.05) is 6.61 Å². The molecule has 2 unspecified atom stereocenters. The Morgan fingerprint density at radius 2 is 2.24 bits per heavy atom. The lowest BCUT2D eigenvalue weighted by Gasteiger charge is -2.17. The molecule has 1 fully saturated rings. The molecule has 2 heterocycles. The molecule has 2 rings (SSSR count). The second-order valence-electron chi connectivity index (χ2n) is 4.65. The molecule has 96 valence electrons. The SMILES string of the molecule is CCNC(CC)c1nnc(C2(C)CCCO2)o1. The summed E-state index contributed by atoms with van der Waals surface area (Å²) in [5, 5.41) is 11.6. The van der Waals surface area contributed by atoms with Crippen molar-refractivity contribution in [1.29, 1.82) is 0 Å². The molecule has 0 amide bonds. The highest BCUT2D eigenvalue weighted by molar-refractivity contribution is 5.00. The lowest BCUT2D eigenvalue weighted by atomic mass is 10.0. The van der Waals surface area contributed by atoms with Crippen LogP contribution in [0.15, 0.2) is 4.42 Å². The molecule has 0 aromatic carbocycles. The smallest absolute Gasteiger partial charge is 0.248 e. The molecule has 0 radical (unpaired) electrons. The Balaban J connectivity index is 2.14. The van der Waals surface area contributed by atoms with Crippen LogP contribution in [0.3, 0.4) is 0 Å². The highest BCUT2D eigenvalue weighted by atomic mass is 16.5. The van der Waals surface area contributed by atoms with Crippen LogP contribution in [0.4, 0.5) is 0 Å². The van der Waals surface area contributed by atoms with Gasteiger partial charge in [0.25, 0.3) is 0 Å². The van der Waals surface area contributed by atoms with E-state index in [0.717, 1.165) is 32.4 Å². The minimum atomic E-state index is -0.379. The van der Waals surface area contributed by atoms with Gasteiger partial charge in [-0.15, -0.1) is 10.2 Å². The second kappa shape index (κ2) is 5.14. The first kappa shape index (κ1) is 12.5. The van der Waals surface area contributed by atoms with Gasteiger partial charge in [-0.3, -0.25) is 0 Å². The quantitative estimate of drug-likeness (QED) is 0.853. The molecular formula is C12H21N3O2. The number of hydrogen-bond donors (Lipinski definition) is 1. The van der Waals surface area contributed by atoms with Crippen molar-refractivity contribution in [2.75, 3.05) is 13.2 Å². The van der Waals surface area contributed by atoms with Gasteiger partial charge in [-0.1, -0.05) is 13.8 Å². The molecular weight excluding hydrogens is 218 g/mol. The van der Waals surface area contributed by atoms with E-state index < -0.39 is 0 Å². The van der Waals surface area contributed by atoms with Crippen molar-refractivity contribution in [1.82, 2.24) is 15.5 Å². The highest BCUT2D eigenvalue weighted by Gasteiger charge is 2.37. The van der Waals surface area contributed by atoms with E-state index in [1.165, 1.54) is 0 Å². The van der Waals surface area contributed by atoms with Crippen LogP contribution in [-0.4, -0.2) is 23.3 Å². The third-order valence-corrected chi connectivity index (χ3v) is 3.27. The molecule has 1 aliphatic rings. The number of ether oxygens (including phenoxy) is 1. The van der Waals surface area contributed by atoms with Crippen LogP contribution in [0.5, 0.6) is 0 Å². The fraction of sp³-hybridized carbons (Fsp3) is 0.833. The van der Waals surface area contributed by atoms with Gasteiger partial charge in [0.05, 0.1) is 6.04 Å². The van der Waals surface area contributed by atoms with E-state index in [9.17, 15) is 0 Å². The van der Waals surface area contributed by atoms with Gasteiger partial charge < -0.3 is 14.5 Å². The fourth-order valence-electron chi connectivity index (χ4n) is 2.19. The summed E-state index contributed by atoms with van der Waals surface area (Å²) in [6.45, 7) is 7.86. The molecule has 5 heteroatoms. The van der Waals surface area contributed by atoms with Crippen molar-refractivity contribution < 1.29 is 9.15 Å². The highest BCUT2D eigenvalue weighted by Crippen LogP contribution is 2.35. The lowest BCUT2D eigenvalue weighted by Crippen LogP contribution is -2.21. The van der Waals surface area contributed by atoms with Crippen molar-refractivity contribution in [3.8, 4) is 0 Å². The molecule has 1 saturated heterocycles. The molecule has 17 heavy (non-hydrogen) atoms. The Bertz CT molecular complexity index is 358. The molecule has 0 spiro atoms. The van der Waals surface area contributed by atoms with Gasteiger partial charge in [-0.2, -0.15) is 0 Å². The van der Waals surface area contributed by atoms with E-state index in [2.05, 4.69) is 29.4 Å². The van der Waals surface area contributed by atoms with Gasteiger partial charge in [0.1, 0.15) is 5.60 Å². The van der Waals surface area contributed by atoms with E-state index in [-0.39, 0.29) is 11.6 Å². The van der Waals surface area contributed by atoms with Crippen molar-refractivity contribution in [2.24, 2.45) is 0 Å². The average molecular weight is 239 g/mol. The Morgan fingerprint density at radius 3 is 2.82 bits per heavy atom. The van der Waals surface area contributed by atoms with Crippen LogP contribution in [0.2, 0.25) is 0 Å². The Labute approximate surface area is 102 Å². The number of aromatic nitrogens is 2. The molecule has 1 N–H and O–H groups in total. The molecule has 1 aromatic heterocycles. The van der Waals surface area contributed by atoms with E-state index in [4.69, 9.17) is 9.15 Å². The first-order valence-corrected chi connectivity index (χ1v) is 6.41. The van der Waals surface area contributed by atoms with Crippen molar-refractivity contribution in [2.45, 2.75) is 51.7 Å². The maximum atomic E-state index is 5.77. The van der Waals surface area contributed by atoms with Crippen LogP contribution in [0, 0.1) is 0 Å². The molecule has 0 saturated carbocycles. The van der Waals surface area contributed by atoms with Crippen LogP contribution in [0.25, 0.3) is 0 Å². The van der Waals surface area contributed by atoms with E-state index in [1.807, 2.05) is 6.92 Å². The summed E-state index contributed by atoms with van der Waals surface area (Å²) in [7, 11) is 0. The second-order valence-corrected chi connectivity index (χ2v) is 4.65. The fourth-order valence-corrected chi connectivity index (χ4v) is 2.19. The van der Waals surface area contributed by atoms with Crippen molar-refractivity contribution >= 4 is 0 Å². The standard InChI is InChI=1S/C12H21N3O2/c1-4-9(13-5-2)10-14-15-11(17-10)12(3)7-6-8-16-12/h9,13H,4-8H2,1-3H3. The van der Waals surface area contributed by atoms with E-state index >= 15 is 0 Å². The summed E-state index contributed by atoms with van der Waals surface area (Å²) in [6.07, 6.45) is 2.94. The predicted octanol–water partition coefficient (Wildman–Crippen LogP) is 2.16. The Kier molecular flexibility index (Phi) is 3.79. The number of nitrogens with zero attached hydrogens (tertiary/aromatic N) is 2. The summed E-state index contributed by atoms with van der Waals surface area (Å²) in [5.74, 6) is 1.28. The minimum absolute atomic E-state index is 0.145. The zero-order valence-corrected chi connectivity index (χ0v) is 10.8. The zero-order chi connectivity index (χ0) is 12.3. The van der Waals surface area contributed by atoms with Gasteiger partial charge in [0.2, 0.25) is 11.8 Å². The molecule has 2 atom stereocenters. The summed E-state index contributed by atoms with van der Waals surface area (Å²) in [5.41, 5.74) is -0.379. The Hall–Kier alpha value is -0.940. The van der Waals surface area contributed by atoms with Crippen LogP contribution in [-0.2, 0) is 10.3 Å². The van der Waals surface area contributed by atoms with E-state index in [0.29, 0.717) is 11.8 Å². The van der Waals surface area contributed by atoms with Crippen molar-refractivity contribution in [3.05, 3.63) is 11.8 Å². The van der Waals surface area contributed by atoms with E-state index in [1.54, 1.807) is 0 Å². The number of hydrogen-bond acceptors (Lipinski definition) is 5. The maximum absolute atomic E-state index is 5.77. The number of nitrogens with one attached hydrogen (secondary N) is 1. The summed E-state index contributed by atoms with van der Waals surface area (Å²) < 4.78 is 11.5. The minimum Gasteiger partial charge on any atom is -0.420 e. The van der Waals surface area contributed by atoms with Crippen LogP contribution < -0.4 is 5.32 Å². The summed E-state index contributed by atoms with van der Waals surface area (Å²) in [6, 6.07) is 0.145. The van der Waals surface area contributed by atoms with Gasteiger partial charge >= 0.3 is 0 Å². The summed E-state index contributed by atoms with van der Waals surface area (Å²) >= 11 is 0. The predicted molar refractivity (Wildman–Crippen MR) is 63.5 cm³/mol. The largest absolute Gasteiger partial charge is 0.420 e.